The molecule has 0 aliphatic carbocycles. The van der Waals surface area contributed by atoms with Gasteiger partial charge in [-0.25, -0.2) is 9.98 Å². The Kier molecular flexibility index (Phi) is 8.23. The van der Waals surface area contributed by atoms with Crippen molar-refractivity contribution in [3.05, 3.63) is 82.9 Å². The van der Waals surface area contributed by atoms with Gasteiger partial charge in [-0.05, 0) is 36.2 Å². The summed E-state index contributed by atoms with van der Waals surface area (Å²) in [4.78, 5) is 8.66. The Morgan fingerprint density at radius 1 is 1.19 bits per heavy atom. The number of imidazole rings is 1. The number of guanidine groups is 1. The first-order valence-electron chi connectivity index (χ1n) is 9.82. The minimum absolute atomic E-state index is 0.0787. The van der Waals surface area contributed by atoms with Crippen molar-refractivity contribution in [1.29, 1.82) is 0 Å². The fourth-order valence-corrected chi connectivity index (χ4v) is 3.20. The van der Waals surface area contributed by atoms with Crippen molar-refractivity contribution in [3.63, 3.8) is 0 Å². The van der Waals surface area contributed by atoms with E-state index in [0.717, 1.165) is 17.7 Å². The van der Waals surface area contributed by atoms with Crippen molar-refractivity contribution in [1.82, 2.24) is 20.2 Å². The molecule has 0 fully saturated rings. The standard InChI is InChI=1S/C22H24ClF2N5O/c1-2-27-22(29-13-18-11-19(23)6-7-20(18)31-21(24)25)28-12-16-4-3-5-17(10-16)14-30-9-8-26-15-30/h3-11,15,21H,2,12-14H2,1H3,(H2,27,28,29). The van der Waals surface area contributed by atoms with Crippen LogP contribution in [-0.2, 0) is 19.6 Å². The average Bonchev–Trinajstić information content (AvgIpc) is 3.25. The molecule has 0 saturated carbocycles. The van der Waals surface area contributed by atoms with Crippen LogP contribution in [0.25, 0.3) is 0 Å². The molecule has 2 N–H and O–H groups in total. The second-order valence-electron chi connectivity index (χ2n) is 6.73. The Bertz CT molecular complexity index is 995. The van der Waals surface area contributed by atoms with Crippen LogP contribution in [0.2, 0.25) is 5.02 Å². The number of ether oxygens (including phenoxy) is 1. The predicted octanol–water partition coefficient (Wildman–Crippen LogP) is 4.44. The van der Waals surface area contributed by atoms with Gasteiger partial charge in [-0.3, -0.25) is 0 Å². The molecular weight excluding hydrogens is 424 g/mol. The molecule has 9 heteroatoms. The first-order valence-corrected chi connectivity index (χ1v) is 10.2. The minimum atomic E-state index is -2.91. The molecule has 0 bridgehead atoms. The molecule has 0 saturated heterocycles. The van der Waals surface area contributed by atoms with Gasteiger partial charge >= 0.3 is 6.61 Å². The number of nitrogens with zero attached hydrogens (tertiary/aromatic N) is 3. The summed E-state index contributed by atoms with van der Waals surface area (Å²) in [5.74, 6) is 0.639. The van der Waals surface area contributed by atoms with Gasteiger partial charge in [-0.15, -0.1) is 0 Å². The lowest BCUT2D eigenvalue weighted by molar-refractivity contribution is -0.0504. The largest absolute Gasteiger partial charge is 0.434 e. The topological polar surface area (TPSA) is 63.5 Å². The number of hydrogen-bond donors (Lipinski definition) is 2. The highest BCUT2D eigenvalue weighted by molar-refractivity contribution is 6.30. The molecule has 1 heterocycles. The zero-order chi connectivity index (χ0) is 22.1. The highest BCUT2D eigenvalue weighted by atomic mass is 35.5. The second kappa shape index (κ2) is 11.3. The van der Waals surface area contributed by atoms with E-state index in [1.54, 1.807) is 18.6 Å². The highest BCUT2D eigenvalue weighted by Crippen LogP contribution is 2.24. The van der Waals surface area contributed by atoms with Crippen LogP contribution in [0.4, 0.5) is 8.78 Å². The minimum Gasteiger partial charge on any atom is -0.434 e. The Balaban J connectivity index is 1.66. The third kappa shape index (κ3) is 7.25. The Morgan fingerprint density at radius 3 is 2.77 bits per heavy atom. The number of aliphatic imine (C=N–C) groups is 1. The van der Waals surface area contributed by atoms with E-state index in [4.69, 9.17) is 11.6 Å². The van der Waals surface area contributed by atoms with Gasteiger partial charge in [0.05, 0.1) is 12.9 Å². The first kappa shape index (κ1) is 22.6. The Hall–Kier alpha value is -3.13. The van der Waals surface area contributed by atoms with E-state index in [2.05, 4.69) is 37.5 Å². The first-order chi connectivity index (χ1) is 15.0. The smallest absolute Gasteiger partial charge is 0.387 e. The molecule has 0 aliphatic rings. The van der Waals surface area contributed by atoms with Crippen LogP contribution in [-0.4, -0.2) is 28.7 Å². The maximum absolute atomic E-state index is 12.7. The Labute approximate surface area is 184 Å². The molecule has 2 aromatic carbocycles. The SMILES string of the molecule is CCNC(=NCc1cccc(Cn2ccnc2)c1)NCc1cc(Cl)ccc1OC(F)F. The molecule has 3 aromatic rings. The van der Waals surface area contributed by atoms with E-state index in [-0.39, 0.29) is 12.3 Å². The van der Waals surface area contributed by atoms with Gasteiger partial charge in [0.1, 0.15) is 5.75 Å². The fourth-order valence-electron chi connectivity index (χ4n) is 3.01. The summed E-state index contributed by atoms with van der Waals surface area (Å²) < 4.78 is 31.9. The quantitative estimate of drug-likeness (QED) is 0.376. The molecule has 1 aromatic heterocycles. The van der Waals surface area contributed by atoms with E-state index < -0.39 is 6.61 Å². The van der Waals surface area contributed by atoms with Gasteiger partial charge in [0.25, 0.3) is 0 Å². The van der Waals surface area contributed by atoms with Crippen LogP contribution in [0.5, 0.6) is 5.75 Å². The van der Waals surface area contributed by atoms with Crippen molar-refractivity contribution in [2.45, 2.75) is 33.2 Å². The second-order valence-corrected chi connectivity index (χ2v) is 7.17. The fraction of sp³-hybridized carbons (Fsp3) is 0.273. The van der Waals surface area contributed by atoms with Crippen LogP contribution < -0.4 is 15.4 Å². The van der Waals surface area contributed by atoms with Gasteiger partial charge < -0.3 is 19.9 Å². The van der Waals surface area contributed by atoms with Crippen molar-refractivity contribution < 1.29 is 13.5 Å². The molecule has 0 unspecified atom stereocenters. The lowest BCUT2D eigenvalue weighted by Crippen LogP contribution is -2.36. The summed E-state index contributed by atoms with van der Waals surface area (Å²) in [5, 5.41) is 6.74. The number of nitrogens with one attached hydrogen (secondary N) is 2. The summed E-state index contributed by atoms with van der Waals surface area (Å²) in [6.45, 7) is 1.13. The Morgan fingerprint density at radius 2 is 2.03 bits per heavy atom. The van der Waals surface area contributed by atoms with Gasteiger partial charge in [0.15, 0.2) is 5.96 Å². The molecule has 0 aliphatic heterocycles. The van der Waals surface area contributed by atoms with Gasteiger partial charge in [0, 0.05) is 42.6 Å². The van der Waals surface area contributed by atoms with Crippen LogP contribution in [0.3, 0.4) is 0 Å². The summed E-state index contributed by atoms with van der Waals surface area (Å²) in [5.41, 5.74) is 2.72. The van der Waals surface area contributed by atoms with Crippen LogP contribution in [0.1, 0.15) is 23.6 Å². The molecule has 0 spiro atoms. The number of benzene rings is 2. The van der Waals surface area contributed by atoms with Gasteiger partial charge in [-0.1, -0.05) is 35.9 Å². The maximum atomic E-state index is 12.7. The zero-order valence-corrected chi connectivity index (χ0v) is 17.8. The van der Waals surface area contributed by atoms with Crippen molar-refractivity contribution in [2.75, 3.05) is 6.54 Å². The van der Waals surface area contributed by atoms with Gasteiger partial charge in [-0.2, -0.15) is 8.78 Å². The van der Waals surface area contributed by atoms with E-state index in [0.29, 0.717) is 29.6 Å². The van der Waals surface area contributed by atoms with E-state index in [9.17, 15) is 8.78 Å². The number of rotatable bonds is 9. The average molecular weight is 448 g/mol. The highest BCUT2D eigenvalue weighted by Gasteiger charge is 2.11. The third-order valence-electron chi connectivity index (χ3n) is 4.36. The van der Waals surface area contributed by atoms with Crippen LogP contribution in [0, 0.1) is 0 Å². The van der Waals surface area contributed by atoms with E-state index in [1.165, 1.54) is 12.1 Å². The van der Waals surface area contributed by atoms with E-state index in [1.807, 2.05) is 29.8 Å². The van der Waals surface area contributed by atoms with Crippen molar-refractivity contribution in [2.24, 2.45) is 4.99 Å². The van der Waals surface area contributed by atoms with E-state index >= 15 is 0 Å². The molecule has 3 rings (SSSR count). The molecule has 6 nitrogen and oxygen atoms in total. The maximum Gasteiger partial charge on any atom is 0.387 e. The van der Waals surface area contributed by atoms with Crippen LogP contribution >= 0.6 is 11.6 Å². The zero-order valence-electron chi connectivity index (χ0n) is 17.1. The van der Waals surface area contributed by atoms with Crippen LogP contribution in [0.15, 0.2) is 66.2 Å². The number of hydrogen-bond acceptors (Lipinski definition) is 3. The molecule has 0 radical (unpaired) electrons. The summed E-state index contributed by atoms with van der Waals surface area (Å²) in [7, 11) is 0. The van der Waals surface area contributed by atoms with Gasteiger partial charge in [0.2, 0.25) is 0 Å². The molecule has 31 heavy (non-hydrogen) atoms. The molecular formula is C22H24ClF2N5O. The summed E-state index contributed by atoms with van der Waals surface area (Å²) in [6.07, 6.45) is 5.44. The third-order valence-corrected chi connectivity index (χ3v) is 4.60. The number of halogens is 3. The molecule has 0 atom stereocenters. The normalized spacial score (nSPS) is 11.6. The number of alkyl halides is 2. The lowest BCUT2D eigenvalue weighted by Gasteiger charge is -2.15. The van der Waals surface area contributed by atoms with Crippen molar-refractivity contribution >= 4 is 17.6 Å². The monoisotopic (exact) mass is 447 g/mol. The lowest BCUT2D eigenvalue weighted by atomic mass is 10.1. The molecule has 164 valence electrons. The number of aromatic nitrogens is 2. The van der Waals surface area contributed by atoms with Crippen molar-refractivity contribution in [3.8, 4) is 5.75 Å². The predicted molar refractivity (Wildman–Crippen MR) is 118 cm³/mol. The summed E-state index contributed by atoms with van der Waals surface area (Å²) >= 11 is 6.01. The molecule has 0 amide bonds. The summed E-state index contributed by atoms with van der Waals surface area (Å²) in [6, 6.07) is 12.7.